The Labute approximate surface area is 112 Å². The van der Waals surface area contributed by atoms with Crippen LogP contribution in [0.5, 0.6) is 0 Å². The third-order valence-corrected chi connectivity index (χ3v) is 5.13. The molecule has 0 aromatic heterocycles. The quantitative estimate of drug-likeness (QED) is 0.841. The summed E-state index contributed by atoms with van der Waals surface area (Å²) in [6.07, 6.45) is 7.59. The third-order valence-electron chi connectivity index (χ3n) is 3.83. The van der Waals surface area contributed by atoms with Crippen LogP contribution in [0.25, 0.3) is 0 Å². The molecule has 0 saturated heterocycles. The van der Waals surface area contributed by atoms with Gasteiger partial charge in [-0.05, 0) is 38.7 Å². The van der Waals surface area contributed by atoms with E-state index in [0.29, 0.717) is 6.04 Å². The highest BCUT2D eigenvalue weighted by molar-refractivity contribution is 9.12. The molecule has 3 heteroatoms. The molecule has 0 bridgehead atoms. The molecule has 2 aliphatic rings. The lowest BCUT2D eigenvalue weighted by Crippen LogP contribution is -2.47. The van der Waals surface area contributed by atoms with E-state index in [1.165, 1.54) is 28.5 Å². The molecule has 0 aromatic carbocycles. The molecule has 1 saturated carbocycles. The molecule has 0 radical (unpaired) electrons. The molecule has 92 valence electrons. The summed E-state index contributed by atoms with van der Waals surface area (Å²) < 4.78 is 1.23. The van der Waals surface area contributed by atoms with Gasteiger partial charge in [-0.1, -0.05) is 40.4 Å². The maximum atomic E-state index is 9.38. The average molecular weight is 295 g/mol. The van der Waals surface area contributed by atoms with Crippen molar-refractivity contribution in [3.05, 3.63) is 21.7 Å². The predicted molar refractivity (Wildman–Crippen MR) is 73.7 cm³/mol. The van der Waals surface area contributed by atoms with Crippen LogP contribution in [0.2, 0.25) is 0 Å². The number of nitriles is 1. The molecule has 1 unspecified atom stereocenters. The number of nitrogens with one attached hydrogen (secondary N) is 1. The lowest BCUT2D eigenvalue weighted by atomic mass is 9.92. The standard InChI is InChI=1S/C14H19BrN2/c1-10-7-12(8-11(2)13(10)15)17-14(9-16)5-3-4-6-14/h7,12,17H,3-6,8H2,1-2H3. The molecular formula is C14H19BrN2. The van der Waals surface area contributed by atoms with E-state index in [0.717, 1.165) is 19.3 Å². The molecular weight excluding hydrogens is 276 g/mol. The van der Waals surface area contributed by atoms with Gasteiger partial charge in [-0.3, -0.25) is 5.32 Å². The molecule has 0 spiro atoms. The van der Waals surface area contributed by atoms with Crippen molar-refractivity contribution >= 4 is 15.9 Å². The van der Waals surface area contributed by atoms with Gasteiger partial charge in [0.15, 0.2) is 0 Å². The van der Waals surface area contributed by atoms with E-state index < -0.39 is 0 Å². The average Bonchev–Trinajstić information content (AvgIpc) is 2.75. The normalized spacial score (nSPS) is 27.9. The molecule has 0 heterocycles. The Kier molecular flexibility index (Phi) is 3.75. The molecule has 0 amide bonds. The second kappa shape index (κ2) is 4.96. The fourth-order valence-electron chi connectivity index (χ4n) is 2.90. The lowest BCUT2D eigenvalue weighted by Gasteiger charge is -2.30. The SMILES string of the molecule is CC1=CC(NC2(C#N)CCCC2)CC(C)=C1Br. The Hall–Kier alpha value is -0.590. The van der Waals surface area contributed by atoms with Crippen molar-refractivity contribution in [2.24, 2.45) is 0 Å². The van der Waals surface area contributed by atoms with Gasteiger partial charge in [-0.2, -0.15) is 5.26 Å². The maximum Gasteiger partial charge on any atom is 0.107 e. The van der Waals surface area contributed by atoms with Crippen LogP contribution in [-0.4, -0.2) is 11.6 Å². The Bertz CT molecular complexity index is 408. The molecule has 0 aliphatic heterocycles. The van der Waals surface area contributed by atoms with E-state index in [1.54, 1.807) is 0 Å². The van der Waals surface area contributed by atoms with Crippen molar-refractivity contribution in [2.45, 2.75) is 57.5 Å². The highest BCUT2D eigenvalue weighted by atomic mass is 79.9. The van der Waals surface area contributed by atoms with E-state index in [-0.39, 0.29) is 5.54 Å². The number of rotatable bonds is 2. The molecule has 2 rings (SSSR count). The van der Waals surface area contributed by atoms with Crippen molar-refractivity contribution in [1.29, 1.82) is 5.26 Å². The van der Waals surface area contributed by atoms with Crippen molar-refractivity contribution in [1.82, 2.24) is 5.32 Å². The first-order valence-corrected chi connectivity index (χ1v) is 7.09. The number of halogens is 1. The van der Waals surface area contributed by atoms with Crippen molar-refractivity contribution < 1.29 is 0 Å². The number of hydrogen-bond donors (Lipinski definition) is 1. The first-order chi connectivity index (χ1) is 8.06. The van der Waals surface area contributed by atoms with Crippen LogP contribution in [-0.2, 0) is 0 Å². The predicted octanol–water partition coefficient (Wildman–Crippen LogP) is 3.80. The van der Waals surface area contributed by atoms with Gasteiger partial charge in [0.05, 0.1) is 6.07 Å². The zero-order chi connectivity index (χ0) is 12.5. The zero-order valence-electron chi connectivity index (χ0n) is 10.5. The molecule has 2 nitrogen and oxygen atoms in total. The first-order valence-electron chi connectivity index (χ1n) is 6.29. The highest BCUT2D eigenvalue weighted by Crippen LogP contribution is 2.33. The second-order valence-electron chi connectivity index (χ2n) is 5.30. The minimum atomic E-state index is -0.272. The molecule has 17 heavy (non-hydrogen) atoms. The van der Waals surface area contributed by atoms with Gasteiger partial charge < -0.3 is 0 Å². The maximum absolute atomic E-state index is 9.38. The summed E-state index contributed by atoms with van der Waals surface area (Å²) in [5.74, 6) is 0. The highest BCUT2D eigenvalue weighted by Gasteiger charge is 2.35. The van der Waals surface area contributed by atoms with Crippen LogP contribution in [0.4, 0.5) is 0 Å². The molecule has 0 aromatic rings. The van der Waals surface area contributed by atoms with Gasteiger partial charge in [0.2, 0.25) is 0 Å². The fraction of sp³-hybridized carbons (Fsp3) is 0.643. The largest absolute Gasteiger partial charge is 0.293 e. The Balaban J connectivity index is 2.10. The molecule has 1 fully saturated rings. The van der Waals surface area contributed by atoms with Crippen molar-refractivity contribution in [3.8, 4) is 6.07 Å². The molecule has 1 atom stereocenters. The van der Waals surface area contributed by atoms with Crippen molar-refractivity contribution in [2.75, 3.05) is 0 Å². The first kappa shape index (κ1) is 12.9. The van der Waals surface area contributed by atoms with Gasteiger partial charge in [0.1, 0.15) is 5.54 Å². The van der Waals surface area contributed by atoms with E-state index >= 15 is 0 Å². The van der Waals surface area contributed by atoms with Gasteiger partial charge in [-0.25, -0.2) is 0 Å². The van der Waals surface area contributed by atoms with Gasteiger partial charge in [0, 0.05) is 10.5 Å². The Morgan fingerprint density at radius 3 is 2.59 bits per heavy atom. The summed E-state index contributed by atoms with van der Waals surface area (Å²) in [6, 6.07) is 2.81. The Morgan fingerprint density at radius 2 is 2.06 bits per heavy atom. The number of nitrogens with zero attached hydrogens (tertiary/aromatic N) is 1. The Morgan fingerprint density at radius 1 is 1.41 bits per heavy atom. The van der Waals surface area contributed by atoms with E-state index in [1.807, 2.05) is 0 Å². The summed E-state index contributed by atoms with van der Waals surface area (Å²) in [4.78, 5) is 0. The summed E-state index contributed by atoms with van der Waals surface area (Å²) in [5, 5.41) is 12.9. The van der Waals surface area contributed by atoms with Crippen LogP contribution < -0.4 is 5.32 Å². The third kappa shape index (κ3) is 2.64. The van der Waals surface area contributed by atoms with Crippen LogP contribution in [0, 0.1) is 11.3 Å². The van der Waals surface area contributed by atoms with Crippen molar-refractivity contribution in [3.63, 3.8) is 0 Å². The number of hydrogen-bond acceptors (Lipinski definition) is 2. The summed E-state index contributed by atoms with van der Waals surface area (Å²) in [5.41, 5.74) is 2.37. The zero-order valence-corrected chi connectivity index (χ0v) is 12.1. The van der Waals surface area contributed by atoms with E-state index in [2.05, 4.69) is 47.2 Å². The van der Waals surface area contributed by atoms with Crippen LogP contribution in [0.15, 0.2) is 21.7 Å². The summed E-state index contributed by atoms with van der Waals surface area (Å²) in [6.45, 7) is 4.28. The summed E-state index contributed by atoms with van der Waals surface area (Å²) in [7, 11) is 0. The minimum absolute atomic E-state index is 0.272. The molecule has 2 aliphatic carbocycles. The second-order valence-corrected chi connectivity index (χ2v) is 6.09. The smallest absolute Gasteiger partial charge is 0.107 e. The minimum Gasteiger partial charge on any atom is -0.293 e. The number of allylic oxidation sites excluding steroid dienone is 2. The lowest BCUT2D eigenvalue weighted by molar-refractivity contribution is 0.386. The van der Waals surface area contributed by atoms with E-state index in [4.69, 9.17) is 0 Å². The van der Waals surface area contributed by atoms with Crippen LogP contribution in [0.3, 0.4) is 0 Å². The van der Waals surface area contributed by atoms with Crippen LogP contribution in [0.1, 0.15) is 46.0 Å². The molecule has 1 N–H and O–H groups in total. The monoisotopic (exact) mass is 294 g/mol. The summed E-state index contributed by atoms with van der Waals surface area (Å²) >= 11 is 3.61. The van der Waals surface area contributed by atoms with E-state index in [9.17, 15) is 5.26 Å². The van der Waals surface area contributed by atoms with Gasteiger partial charge in [0.25, 0.3) is 0 Å². The van der Waals surface area contributed by atoms with Gasteiger partial charge in [-0.15, -0.1) is 0 Å². The fourth-order valence-corrected chi connectivity index (χ4v) is 3.20. The van der Waals surface area contributed by atoms with Gasteiger partial charge >= 0.3 is 0 Å². The van der Waals surface area contributed by atoms with Crippen LogP contribution >= 0.6 is 15.9 Å². The topological polar surface area (TPSA) is 35.8 Å².